The van der Waals surface area contributed by atoms with E-state index in [0.717, 1.165) is 0 Å². The van der Waals surface area contributed by atoms with E-state index in [1.165, 1.54) is 0 Å². The summed E-state index contributed by atoms with van der Waals surface area (Å²) in [6.07, 6.45) is -2.75. The lowest BCUT2D eigenvalue weighted by Crippen LogP contribution is -2.51. The standard InChI is InChI=1S/C12H19ClF3NO/c1-11(2,7-13)17-10(18)8-5-3-4-6-9(8)12(14,15)16/h8-9H,3-7H2,1-2H3,(H,17,18). The van der Waals surface area contributed by atoms with Gasteiger partial charge >= 0.3 is 6.18 Å². The van der Waals surface area contributed by atoms with Crippen molar-refractivity contribution in [3.8, 4) is 0 Å². The van der Waals surface area contributed by atoms with Crippen molar-refractivity contribution in [2.45, 2.75) is 51.2 Å². The molecule has 1 rings (SSSR count). The van der Waals surface area contributed by atoms with E-state index in [4.69, 9.17) is 11.6 Å². The van der Waals surface area contributed by atoms with E-state index in [9.17, 15) is 18.0 Å². The molecule has 2 atom stereocenters. The van der Waals surface area contributed by atoms with Crippen molar-refractivity contribution < 1.29 is 18.0 Å². The molecule has 1 amide bonds. The molecule has 0 radical (unpaired) electrons. The lowest BCUT2D eigenvalue weighted by molar-refractivity contribution is -0.198. The molecule has 0 bridgehead atoms. The zero-order chi connectivity index (χ0) is 14.0. The zero-order valence-corrected chi connectivity index (χ0v) is 11.4. The van der Waals surface area contributed by atoms with Gasteiger partial charge in [-0.1, -0.05) is 12.8 Å². The molecule has 1 aliphatic carbocycles. The molecule has 0 aliphatic heterocycles. The van der Waals surface area contributed by atoms with Gasteiger partial charge in [-0.3, -0.25) is 4.79 Å². The van der Waals surface area contributed by atoms with Crippen molar-refractivity contribution in [2.24, 2.45) is 11.8 Å². The number of nitrogens with one attached hydrogen (secondary N) is 1. The lowest BCUT2D eigenvalue weighted by Gasteiger charge is -2.34. The Morgan fingerprint density at radius 3 is 2.33 bits per heavy atom. The normalized spacial score (nSPS) is 25.9. The fourth-order valence-corrected chi connectivity index (χ4v) is 2.36. The molecule has 0 aromatic carbocycles. The summed E-state index contributed by atoms with van der Waals surface area (Å²) in [7, 11) is 0. The van der Waals surface area contributed by atoms with Crippen LogP contribution in [0.15, 0.2) is 0 Å². The summed E-state index contributed by atoms with van der Waals surface area (Å²) in [6.45, 7) is 3.40. The summed E-state index contributed by atoms with van der Waals surface area (Å²) in [6, 6.07) is 0. The van der Waals surface area contributed by atoms with Gasteiger partial charge in [-0.25, -0.2) is 0 Å². The van der Waals surface area contributed by atoms with Crippen molar-refractivity contribution in [1.82, 2.24) is 5.32 Å². The molecule has 6 heteroatoms. The van der Waals surface area contributed by atoms with Crippen LogP contribution >= 0.6 is 11.6 Å². The third-order valence-corrected chi connectivity index (χ3v) is 3.99. The first-order chi connectivity index (χ1) is 8.17. The quantitative estimate of drug-likeness (QED) is 0.790. The number of carbonyl (C=O) groups is 1. The minimum absolute atomic E-state index is 0.0445. The summed E-state index contributed by atoms with van der Waals surface area (Å²) in [5, 5.41) is 2.61. The van der Waals surface area contributed by atoms with Crippen LogP contribution < -0.4 is 5.32 Å². The zero-order valence-electron chi connectivity index (χ0n) is 10.6. The maximum absolute atomic E-state index is 12.9. The molecule has 0 aromatic rings. The maximum Gasteiger partial charge on any atom is 0.392 e. The van der Waals surface area contributed by atoms with Crippen LogP contribution in [0.1, 0.15) is 39.5 Å². The molecule has 1 N–H and O–H groups in total. The molecule has 2 nitrogen and oxygen atoms in total. The highest BCUT2D eigenvalue weighted by atomic mass is 35.5. The second-order valence-electron chi connectivity index (χ2n) is 5.55. The van der Waals surface area contributed by atoms with Crippen molar-refractivity contribution in [1.29, 1.82) is 0 Å². The van der Waals surface area contributed by atoms with Crippen LogP contribution in [0.3, 0.4) is 0 Å². The molecule has 0 aromatic heterocycles. The Morgan fingerprint density at radius 1 is 1.28 bits per heavy atom. The SMILES string of the molecule is CC(C)(CCl)NC(=O)C1CCCCC1C(F)(F)F. The Morgan fingerprint density at radius 2 is 1.83 bits per heavy atom. The third-order valence-electron chi connectivity index (χ3n) is 3.32. The molecule has 1 aliphatic rings. The molecule has 0 heterocycles. The molecular weight excluding hydrogens is 267 g/mol. The number of halogens is 4. The van der Waals surface area contributed by atoms with Crippen LogP contribution in [0.4, 0.5) is 13.2 Å². The van der Waals surface area contributed by atoms with Gasteiger partial charge in [-0.2, -0.15) is 13.2 Å². The van der Waals surface area contributed by atoms with E-state index >= 15 is 0 Å². The minimum Gasteiger partial charge on any atom is -0.350 e. The second-order valence-corrected chi connectivity index (χ2v) is 5.81. The Labute approximate surface area is 110 Å². The van der Waals surface area contributed by atoms with Crippen molar-refractivity contribution >= 4 is 17.5 Å². The average Bonchev–Trinajstić information content (AvgIpc) is 2.27. The summed E-state index contributed by atoms with van der Waals surface area (Å²) < 4.78 is 38.6. The number of amides is 1. The highest BCUT2D eigenvalue weighted by Crippen LogP contribution is 2.41. The molecule has 18 heavy (non-hydrogen) atoms. The second kappa shape index (κ2) is 5.68. The van der Waals surface area contributed by atoms with E-state index in [-0.39, 0.29) is 12.3 Å². The summed E-state index contributed by atoms with van der Waals surface area (Å²) in [5.41, 5.74) is -0.674. The van der Waals surface area contributed by atoms with Crippen LogP contribution in [-0.2, 0) is 4.79 Å². The number of hydrogen-bond acceptors (Lipinski definition) is 1. The number of hydrogen-bond donors (Lipinski definition) is 1. The fourth-order valence-electron chi connectivity index (χ4n) is 2.30. The number of carbonyl (C=O) groups excluding carboxylic acids is 1. The van der Waals surface area contributed by atoms with Gasteiger partial charge in [0, 0.05) is 17.3 Å². The van der Waals surface area contributed by atoms with E-state index in [0.29, 0.717) is 19.3 Å². The van der Waals surface area contributed by atoms with Crippen molar-refractivity contribution in [3.63, 3.8) is 0 Å². The first-order valence-electron chi connectivity index (χ1n) is 6.12. The van der Waals surface area contributed by atoms with Crippen molar-refractivity contribution in [3.05, 3.63) is 0 Å². The number of rotatable bonds is 3. The van der Waals surface area contributed by atoms with Gasteiger partial charge in [-0.05, 0) is 26.7 Å². The van der Waals surface area contributed by atoms with Gasteiger partial charge in [0.2, 0.25) is 5.91 Å². The van der Waals surface area contributed by atoms with Crippen LogP contribution in [0, 0.1) is 11.8 Å². The highest BCUT2D eigenvalue weighted by molar-refractivity contribution is 6.18. The Hall–Kier alpha value is -0.450. The molecule has 1 saturated carbocycles. The smallest absolute Gasteiger partial charge is 0.350 e. The summed E-state index contributed by atoms with van der Waals surface area (Å²) in [4.78, 5) is 12.0. The van der Waals surface area contributed by atoms with Gasteiger partial charge in [0.25, 0.3) is 0 Å². The molecule has 0 spiro atoms. The highest BCUT2D eigenvalue weighted by Gasteiger charge is 2.48. The fraction of sp³-hybridized carbons (Fsp3) is 0.917. The molecule has 1 fully saturated rings. The first-order valence-corrected chi connectivity index (χ1v) is 6.65. The van der Waals surface area contributed by atoms with Crippen molar-refractivity contribution in [2.75, 3.05) is 5.88 Å². The first kappa shape index (κ1) is 15.6. The van der Waals surface area contributed by atoms with E-state index in [1.54, 1.807) is 13.8 Å². The van der Waals surface area contributed by atoms with E-state index in [1.807, 2.05) is 0 Å². The van der Waals surface area contributed by atoms with Gasteiger partial charge in [0.05, 0.1) is 5.92 Å². The van der Waals surface area contributed by atoms with Crippen LogP contribution in [0.5, 0.6) is 0 Å². The van der Waals surface area contributed by atoms with Gasteiger partial charge in [-0.15, -0.1) is 11.6 Å². The minimum atomic E-state index is -4.30. The number of alkyl halides is 4. The average molecular weight is 286 g/mol. The summed E-state index contributed by atoms with van der Waals surface area (Å²) >= 11 is 5.67. The topological polar surface area (TPSA) is 29.1 Å². The largest absolute Gasteiger partial charge is 0.392 e. The lowest BCUT2D eigenvalue weighted by atomic mass is 9.78. The predicted octanol–water partition coefficient (Wildman–Crippen LogP) is 3.49. The summed E-state index contributed by atoms with van der Waals surface area (Å²) in [5.74, 6) is -2.84. The van der Waals surface area contributed by atoms with Gasteiger partial charge < -0.3 is 5.32 Å². The Kier molecular flexibility index (Phi) is 4.92. The molecule has 106 valence electrons. The molecular formula is C12H19ClF3NO. The molecule has 0 saturated heterocycles. The predicted molar refractivity (Wildman–Crippen MR) is 64.4 cm³/mol. The maximum atomic E-state index is 12.9. The Bertz CT molecular complexity index is 304. The van der Waals surface area contributed by atoms with Crippen LogP contribution in [-0.4, -0.2) is 23.5 Å². The van der Waals surface area contributed by atoms with Crippen LogP contribution in [0.25, 0.3) is 0 Å². The van der Waals surface area contributed by atoms with Gasteiger partial charge in [0.1, 0.15) is 0 Å². The van der Waals surface area contributed by atoms with Crippen LogP contribution in [0.2, 0.25) is 0 Å². The Balaban J connectivity index is 2.75. The van der Waals surface area contributed by atoms with E-state index < -0.39 is 29.5 Å². The van der Waals surface area contributed by atoms with Gasteiger partial charge in [0.15, 0.2) is 0 Å². The molecule has 2 unspecified atom stereocenters. The van der Waals surface area contributed by atoms with E-state index in [2.05, 4.69) is 5.32 Å². The monoisotopic (exact) mass is 285 g/mol. The third kappa shape index (κ3) is 4.04.